The topological polar surface area (TPSA) is 47.6 Å². The molecule has 0 aliphatic carbocycles. The van der Waals surface area contributed by atoms with Crippen molar-refractivity contribution in [1.82, 2.24) is 5.32 Å². The highest BCUT2D eigenvalue weighted by Gasteiger charge is 2.00. The molecular formula is C18H19NO3. The zero-order chi connectivity index (χ0) is 15.6. The highest BCUT2D eigenvalue weighted by Crippen LogP contribution is 2.10. The van der Waals surface area contributed by atoms with E-state index in [4.69, 9.17) is 9.47 Å². The standard InChI is InChI=1S/C18H19NO3/c1-21-17-11-9-16(10-12-17)14-19-18(20)22-13-5-8-15-6-3-2-4-7-15/h2-12H,13-14H2,1H3,(H,19,20)/b8-5+. The monoisotopic (exact) mass is 297 g/mol. The summed E-state index contributed by atoms with van der Waals surface area (Å²) in [5.74, 6) is 0.789. The van der Waals surface area contributed by atoms with E-state index < -0.39 is 6.09 Å². The number of carbonyl (C=O) groups excluding carboxylic acids is 1. The number of hydrogen-bond acceptors (Lipinski definition) is 3. The maximum Gasteiger partial charge on any atom is 0.407 e. The zero-order valence-electron chi connectivity index (χ0n) is 12.5. The molecule has 0 heterocycles. The molecule has 0 aliphatic rings. The van der Waals surface area contributed by atoms with Crippen molar-refractivity contribution in [3.05, 3.63) is 71.8 Å². The number of methoxy groups -OCH3 is 1. The molecule has 4 nitrogen and oxygen atoms in total. The van der Waals surface area contributed by atoms with Crippen LogP contribution in [0, 0.1) is 0 Å². The first-order chi connectivity index (χ1) is 10.8. The normalized spacial score (nSPS) is 10.4. The summed E-state index contributed by atoms with van der Waals surface area (Å²) in [5.41, 5.74) is 2.06. The molecule has 0 aromatic heterocycles. The Morgan fingerprint density at radius 3 is 2.50 bits per heavy atom. The molecule has 0 atom stereocenters. The van der Waals surface area contributed by atoms with E-state index in [2.05, 4.69) is 5.32 Å². The number of rotatable bonds is 6. The lowest BCUT2D eigenvalue weighted by Gasteiger charge is -2.06. The number of hydrogen-bond donors (Lipinski definition) is 1. The van der Waals surface area contributed by atoms with Crippen LogP contribution in [0.2, 0.25) is 0 Å². The third kappa shape index (κ3) is 5.32. The van der Waals surface area contributed by atoms with Crippen molar-refractivity contribution in [2.45, 2.75) is 6.54 Å². The molecule has 1 amide bonds. The third-order valence-electron chi connectivity index (χ3n) is 3.02. The van der Waals surface area contributed by atoms with Gasteiger partial charge in [0.15, 0.2) is 0 Å². The van der Waals surface area contributed by atoms with Crippen LogP contribution in [0.3, 0.4) is 0 Å². The van der Waals surface area contributed by atoms with Crippen LogP contribution in [0.1, 0.15) is 11.1 Å². The quantitative estimate of drug-likeness (QED) is 0.885. The predicted molar refractivity (Wildman–Crippen MR) is 86.7 cm³/mol. The fourth-order valence-electron chi connectivity index (χ4n) is 1.84. The van der Waals surface area contributed by atoms with Crippen molar-refractivity contribution in [2.75, 3.05) is 13.7 Å². The average molecular weight is 297 g/mol. The molecule has 0 aliphatic heterocycles. The van der Waals surface area contributed by atoms with Gasteiger partial charge >= 0.3 is 6.09 Å². The summed E-state index contributed by atoms with van der Waals surface area (Å²) in [6.45, 7) is 0.661. The van der Waals surface area contributed by atoms with Gasteiger partial charge in [-0.05, 0) is 29.3 Å². The second-order valence-electron chi connectivity index (χ2n) is 4.61. The summed E-state index contributed by atoms with van der Waals surface area (Å²) in [6.07, 6.45) is 3.28. The highest BCUT2D eigenvalue weighted by atomic mass is 16.5. The Bertz CT molecular complexity index is 606. The van der Waals surface area contributed by atoms with Crippen LogP contribution in [-0.2, 0) is 11.3 Å². The maximum absolute atomic E-state index is 11.6. The van der Waals surface area contributed by atoms with Crippen molar-refractivity contribution in [3.63, 3.8) is 0 Å². The molecule has 0 unspecified atom stereocenters. The Hall–Kier alpha value is -2.75. The van der Waals surface area contributed by atoms with Crippen LogP contribution in [0.25, 0.3) is 6.08 Å². The van der Waals surface area contributed by atoms with E-state index in [-0.39, 0.29) is 6.61 Å². The lowest BCUT2D eigenvalue weighted by Crippen LogP contribution is -2.23. The van der Waals surface area contributed by atoms with Gasteiger partial charge in [-0.15, -0.1) is 0 Å². The van der Waals surface area contributed by atoms with Crippen molar-refractivity contribution >= 4 is 12.2 Å². The van der Waals surface area contributed by atoms with Crippen LogP contribution < -0.4 is 10.1 Å². The molecule has 0 fully saturated rings. The third-order valence-corrected chi connectivity index (χ3v) is 3.02. The second kappa shape index (κ2) is 8.52. The maximum atomic E-state index is 11.6. The Kier molecular flexibility index (Phi) is 6.05. The number of alkyl carbamates (subject to hydrolysis) is 1. The minimum atomic E-state index is -0.437. The van der Waals surface area contributed by atoms with Gasteiger partial charge in [0.05, 0.1) is 7.11 Å². The Labute approximate surface area is 130 Å². The molecular weight excluding hydrogens is 278 g/mol. The average Bonchev–Trinajstić information content (AvgIpc) is 2.58. The molecule has 0 bridgehead atoms. The number of nitrogens with one attached hydrogen (secondary N) is 1. The first-order valence-corrected chi connectivity index (χ1v) is 7.03. The summed E-state index contributed by atoms with van der Waals surface area (Å²) < 4.78 is 10.1. The Morgan fingerprint density at radius 2 is 1.82 bits per heavy atom. The van der Waals surface area contributed by atoms with Gasteiger partial charge < -0.3 is 14.8 Å². The van der Waals surface area contributed by atoms with Crippen molar-refractivity contribution in [2.24, 2.45) is 0 Å². The van der Waals surface area contributed by atoms with E-state index in [1.807, 2.05) is 66.7 Å². The van der Waals surface area contributed by atoms with Crippen molar-refractivity contribution < 1.29 is 14.3 Å². The molecule has 2 aromatic carbocycles. The number of ether oxygens (including phenoxy) is 2. The SMILES string of the molecule is COc1ccc(CNC(=O)OC/C=C/c2ccccc2)cc1. The van der Waals surface area contributed by atoms with Crippen LogP contribution in [-0.4, -0.2) is 19.8 Å². The fraction of sp³-hybridized carbons (Fsp3) is 0.167. The first kappa shape index (κ1) is 15.6. The lowest BCUT2D eigenvalue weighted by molar-refractivity contribution is 0.158. The molecule has 0 saturated carbocycles. The van der Waals surface area contributed by atoms with Gasteiger partial charge in [-0.3, -0.25) is 0 Å². The molecule has 2 rings (SSSR count). The molecule has 2 aromatic rings. The van der Waals surface area contributed by atoms with Crippen LogP contribution in [0.15, 0.2) is 60.7 Å². The van der Waals surface area contributed by atoms with E-state index in [0.717, 1.165) is 16.9 Å². The number of benzene rings is 2. The van der Waals surface area contributed by atoms with Crippen LogP contribution in [0.4, 0.5) is 4.79 Å². The van der Waals surface area contributed by atoms with Crippen molar-refractivity contribution in [3.8, 4) is 5.75 Å². The molecule has 0 spiro atoms. The largest absolute Gasteiger partial charge is 0.497 e. The van der Waals surface area contributed by atoms with E-state index in [1.165, 1.54) is 0 Å². The minimum absolute atomic E-state index is 0.239. The van der Waals surface area contributed by atoms with Gasteiger partial charge in [0.2, 0.25) is 0 Å². The smallest absolute Gasteiger partial charge is 0.407 e. The van der Waals surface area contributed by atoms with E-state index in [1.54, 1.807) is 7.11 Å². The van der Waals surface area contributed by atoms with Gasteiger partial charge in [-0.2, -0.15) is 0 Å². The van der Waals surface area contributed by atoms with Gasteiger partial charge in [0, 0.05) is 6.54 Å². The van der Waals surface area contributed by atoms with E-state index in [0.29, 0.717) is 6.54 Å². The fourth-order valence-corrected chi connectivity index (χ4v) is 1.84. The van der Waals surface area contributed by atoms with Crippen molar-refractivity contribution in [1.29, 1.82) is 0 Å². The summed E-state index contributed by atoms with van der Waals surface area (Å²) in [6, 6.07) is 17.4. The van der Waals surface area contributed by atoms with Gasteiger partial charge in [0.25, 0.3) is 0 Å². The van der Waals surface area contributed by atoms with Crippen LogP contribution >= 0.6 is 0 Å². The molecule has 1 N–H and O–H groups in total. The first-order valence-electron chi connectivity index (χ1n) is 7.03. The molecule has 4 heteroatoms. The summed E-state index contributed by atoms with van der Waals surface area (Å²) in [4.78, 5) is 11.6. The molecule has 22 heavy (non-hydrogen) atoms. The predicted octanol–water partition coefficient (Wildman–Crippen LogP) is 3.63. The summed E-state index contributed by atoms with van der Waals surface area (Å²) >= 11 is 0. The Morgan fingerprint density at radius 1 is 1.09 bits per heavy atom. The highest BCUT2D eigenvalue weighted by molar-refractivity contribution is 5.67. The molecule has 0 radical (unpaired) electrons. The van der Waals surface area contributed by atoms with Gasteiger partial charge in [-0.1, -0.05) is 48.5 Å². The molecule has 114 valence electrons. The summed E-state index contributed by atoms with van der Waals surface area (Å²) in [5, 5.41) is 2.70. The van der Waals surface area contributed by atoms with Crippen LogP contribution in [0.5, 0.6) is 5.75 Å². The Balaban J connectivity index is 1.68. The molecule has 0 saturated heterocycles. The number of carbonyl (C=O) groups is 1. The lowest BCUT2D eigenvalue weighted by atomic mass is 10.2. The van der Waals surface area contributed by atoms with E-state index >= 15 is 0 Å². The minimum Gasteiger partial charge on any atom is -0.497 e. The van der Waals surface area contributed by atoms with Gasteiger partial charge in [-0.25, -0.2) is 4.79 Å². The number of amides is 1. The van der Waals surface area contributed by atoms with E-state index in [9.17, 15) is 4.79 Å². The second-order valence-corrected chi connectivity index (χ2v) is 4.61. The summed E-state index contributed by atoms with van der Waals surface area (Å²) in [7, 11) is 1.62. The van der Waals surface area contributed by atoms with Gasteiger partial charge in [0.1, 0.15) is 12.4 Å². The zero-order valence-corrected chi connectivity index (χ0v) is 12.5.